The van der Waals surface area contributed by atoms with Crippen molar-refractivity contribution in [2.45, 2.75) is 51.7 Å². The summed E-state index contributed by atoms with van der Waals surface area (Å²) in [7, 11) is 0. The maximum Gasteiger partial charge on any atom is 0.321 e. The zero-order valence-electron chi connectivity index (χ0n) is 11.8. The Morgan fingerprint density at radius 3 is 2.84 bits per heavy atom. The molecule has 0 aromatic heterocycles. The summed E-state index contributed by atoms with van der Waals surface area (Å²) in [5.74, 6) is -0.400. The molecule has 0 radical (unpaired) electrons. The van der Waals surface area contributed by atoms with Crippen LogP contribution >= 0.6 is 0 Å². The van der Waals surface area contributed by atoms with E-state index in [4.69, 9.17) is 4.74 Å². The number of ether oxygens (including phenoxy) is 1. The molecule has 1 aliphatic heterocycles. The molecule has 0 aromatic rings. The van der Waals surface area contributed by atoms with Crippen LogP contribution in [0.5, 0.6) is 0 Å². The Morgan fingerprint density at radius 2 is 2.21 bits per heavy atom. The molecule has 3 N–H and O–H groups in total. The summed E-state index contributed by atoms with van der Waals surface area (Å²) in [5.41, 5.74) is 0. The lowest BCUT2D eigenvalue weighted by Crippen LogP contribution is -2.44. The minimum atomic E-state index is -0.605. The average molecular weight is 271 g/mol. The van der Waals surface area contributed by atoms with Gasteiger partial charge in [0.25, 0.3) is 5.91 Å². The van der Waals surface area contributed by atoms with Crippen molar-refractivity contribution in [2.24, 2.45) is 0 Å². The van der Waals surface area contributed by atoms with Gasteiger partial charge in [0.1, 0.15) is 6.10 Å². The first-order valence-electron chi connectivity index (χ1n) is 7.07. The largest absolute Gasteiger partial charge is 0.369 e. The van der Waals surface area contributed by atoms with Crippen LogP contribution in [0.15, 0.2) is 0 Å². The third-order valence-corrected chi connectivity index (χ3v) is 3.19. The summed E-state index contributed by atoms with van der Waals surface area (Å²) in [6, 6.07) is 0.0179. The van der Waals surface area contributed by atoms with E-state index in [-0.39, 0.29) is 0 Å². The molecule has 3 amide bonds. The number of carbonyl (C=O) groups excluding carboxylic acids is 2. The van der Waals surface area contributed by atoms with Gasteiger partial charge in [0, 0.05) is 19.2 Å². The molecule has 1 rings (SSSR count). The normalized spacial score (nSPS) is 20.6. The molecule has 19 heavy (non-hydrogen) atoms. The van der Waals surface area contributed by atoms with Crippen molar-refractivity contribution in [2.75, 3.05) is 19.7 Å². The average Bonchev–Trinajstić information content (AvgIpc) is 2.40. The van der Waals surface area contributed by atoms with Gasteiger partial charge in [0.2, 0.25) is 0 Å². The van der Waals surface area contributed by atoms with E-state index < -0.39 is 18.0 Å². The van der Waals surface area contributed by atoms with Gasteiger partial charge in [-0.3, -0.25) is 10.1 Å². The zero-order chi connectivity index (χ0) is 14.1. The molecule has 0 aromatic carbocycles. The van der Waals surface area contributed by atoms with Gasteiger partial charge in [-0.15, -0.1) is 0 Å². The van der Waals surface area contributed by atoms with Crippen LogP contribution in [-0.2, 0) is 9.53 Å². The van der Waals surface area contributed by atoms with E-state index in [9.17, 15) is 9.59 Å². The smallest absolute Gasteiger partial charge is 0.321 e. The van der Waals surface area contributed by atoms with Gasteiger partial charge >= 0.3 is 6.03 Å². The Bertz CT molecular complexity index is 291. The Hall–Kier alpha value is -1.14. The lowest BCUT2D eigenvalue weighted by molar-refractivity contribution is -0.130. The first-order valence-corrected chi connectivity index (χ1v) is 7.07. The predicted molar refractivity (Wildman–Crippen MR) is 72.9 cm³/mol. The fraction of sp³-hybridized carbons (Fsp3) is 0.846. The molecule has 0 bridgehead atoms. The lowest BCUT2D eigenvalue weighted by atomic mass is 10.0. The van der Waals surface area contributed by atoms with Gasteiger partial charge in [-0.2, -0.15) is 0 Å². The molecule has 1 saturated heterocycles. The van der Waals surface area contributed by atoms with Crippen molar-refractivity contribution >= 4 is 11.9 Å². The second-order valence-corrected chi connectivity index (χ2v) is 4.80. The Kier molecular flexibility index (Phi) is 7.43. The van der Waals surface area contributed by atoms with Gasteiger partial charge in [-0.25, -0.2) is 4.79 Å². The van der Waals surface area contributed by atoms with Crippen molar-refractivity contribution < 1.29 is 14.3 Å². The summed E-state index contributed by atoms with van der Waals surface area (Å²) < 4.78 is 5.45. The van der Waals surface area contributed by atoms with E-state index in [2.05, 4.69) is 16.0 Å². The van der Waals surface area contributed by atoms with Gasteiger partial charge in [0.05, 0.1) is 0 Å². The van der Waals surface area contributed by atoms with Gasteiger partial charge < -0.3 is 15.4 Å². The standard InChI is InChI=1S/C13H25N3O3/c1-3-14-13(18)16-12(17)10(2)19-9-7-11-6-4-5-8-15-11/h10-11,15H,3-9H2,1-2H3,(H2,14,16,17,18). The Morgan fingerprint density at radius 1 is 1.42 bits per heavy atom. The molecule has 0 aliphatic carbocycles. The molecule has 110 valence electrons. The van der Waals surface area contributed by atoms with Crippen LogP contribution < -0.4 is 16.0 Å². The topological polar surface area (TPSA) is 79.5 Å². The summed E-state index contributed by atoms with van der Waals surface area (Å²) in [6.07, 6.45) is 3.96. The van der Waals surface area contributed by atoms with Gasteiger partial charge in [-0.1, -0.05) is 6.42 Å². The van der Waals surface area contributed by atoms with Crippen LogP contribution in [0.4, 0.5) is 4.79 Å². The van der Waals surface area contributed by atoms with E-state index >= 15 is 0 Å². The molecule has 1 aliphatic rings. The molecule has 6 heteroatoms. The molecule has 6 nitrogen and oxygen atoms in total. The molecular formula is C13H25N3O3. The van der Waals surface area contributed by atoms with Crippen LogP contribution in [0.3, 0.4) is 0 Å². The monoisotopic (exact) mass is 271 g/mol. The maximum atomic E-state index is 11.6. The third-order valence-electron chi connectivity index (χ3n) is 3.19. The Balaban J connectivity index is 2.13. The van der Waals surface area contributed by atoms with Crippen LogP contribution in [0, 0.1) is 0 Å². The molecule has 0 spiro atoms. The summed E-state index contributed by atoms with van der Waals surface area (Å²) >= 11 is 0. The number of hydrogen-bond acceptors (Lipinski definition) is 4. The number of urea groups is 1. The van der Waals surface area contributed by atoms with Crippen molar-refractivity contribution in [3.8, 4) is 0 Å². The number of carbonyl (C=O) groups is 2. The van der Waals surface area contributed by atoms with E-state index in [0.717, 1.165) is 13.0 Å². The fourth-order valence-corrected chi connectivity index (χ4v) is 2.05. The second kappa shape index (κ2) is 8.87. The first kappa shape index (κ1) is 15.9. The highest BCUT2D eigenvalue weighted by Crippen LogP contribution is 2.10. The van der Waals surface area contributed by atoms with Crippen molar-refractivity contribution in [3.63, 3.8) is 0 Å². The van der Waals surface area contributed by atoms with E-state index in [1.165, 1.54) is 19.3 Å². The highest BCUT2D eigenvalue weighted by Gasteiger charge is 2.17. The van der Waals surface area contributed by atoms with Crippen molar-refractivity contribution in [1.29, 1.82) is 0 Å². The number of amides is 3. The number of hydrogen-bond donors (Lipinski definition) is 3. The molecule has 1 fully saturated rings. The van der Waals surface area contributed by atoms with Crippen LogP contribution in [0.2, 0.25) is 0 Å². The first-order chi connectivity index (χ1) is 9.13. The number of piperidine rings is 1. The fourth-order valence-electron chi connectivity index (χ4n) is 2.05. The number of nitrogens with one attached hydrogen (secondary N) is 3. The number of rotatable bonds is 6. The van der Waals surface area contributed by atoms with Crippen LogP contribution in [-0.4, -0.2) is 43.8 Å². The summed E-state index contributed by atoms with van der Waals surface area (Å²) in [5, 5.41) is 8.17. The quantitative estimate of drug-likeness (QED) is 0.666. The highest BCUT2D eigenvalue weighted by atomic mass is 16.5. The van der Waals surface area contributed by atoms with Crippen molar-refractivity contribution in [3.05, 3.63) is 0 Å². The highest BCUT2D eigenvalue weighted by molar-refractivity contribution is 5.96. The predicted octanol–water partition coefficient (Wildman–Crippen LogP) is 0.769. The minimum absolute atomic E-state index is 0.400. The second-order valence-electron chi connectivity index (χ2n) is 4.80. The molecule has 0 saturated carbocycles. The van der Waals surface area contributed by atoms with E-state index in [1.54, 1.807) is 13.8 Å². The van der Waals surface area contributed by atoms with Gasteiger partial charge in [0.15, 0.2) is 0 Å². The SMILES string of the molecule is CCNC(=O)NC(=O)C(C)OCCC1CCCCN1. The molecule has 1 heterocycles. The zero-order valence-corrected chi connectivity index (χ0v) is 11.8. The Labute approximate surface area is 114 Å². The van der Waals surface area contributed by atoms with E-state index in [1.807, 2.05) is 0 Å². The van der Waals surface area contributed by atoms with Crippen LogP contribution in [0.25, 0.3) is 0 Å². The minimum Gasteiger partial charge on any atom is -0.369 e. The molecule has 2 atom stereocenters. The maximum absolute atomic E-state index is 11.6. The number of imide groups is 1. The van der Waals surface area contributed by atoms with E-state index in [0.29, 0.717) is 19.2 Å². The van der Waals surface area contributed by atoms with Crippen LogP contribution in [0.1, 0.15) is 39.5 Å². The van der Waals surface area contributed by atoms with Gasteiger partial charge in [-0.05, 0) is 39.7 Å². The summed E-state index contributed by atoms with van der Waals surface area (Å²) in [4.78, 5) is 22.8. The van der Waals surface area contributed by atoms with Crippen molar-refractivity contribution in [1.82, 2.24) is 16.0 Å². The summed E-state index contributed by atoms with van der Waals surface area (Å²) in [6.45, 7) is 5.53. The molecular weight excluding hydrogens is 246 g/mol. The third kappa shape index (κ3) is 6.54. The lowest BCUT2D eigenvalue weighted by Gasteiger charge is -2.23. The molecule has 2 unspecified atom stereocenters.